The van der Waals surface area contributed by atoms with E-state index in [4.69, 9.17) is 0 Å². The summed E-state index contributed by atoms with van der Waals surface area (Å²) in [5, 5.41) is 1.25. The van der Waals surface area contributed by atoms with Crippen molar-refractivity contribution >= 4 is 26.8 Å². The van der Waals surface area contributed by atoms with E-state index in [-0.39, 0.29) is 5.41 Å². The molecule has 0 amide bonds. The van der Waals surface area contributed by atoms with Gasteiger partial charge in [-0.15, -0.1) is 0 Å². The van der Waals surface area contributed by atoms with E-state index in [0.29, 0.717) is 0 Å². The summed E-state index contributed by atoms with van der Waals surface area (Å²) in [5.74, 6) is 0. The third kappa shape index (κ3) is 2.29. The van der Waals surface area contributed by atoms with E-state index in [2.05, 4.69) is 95.9 Å². The van der Waals surface area contributed by atoms with Gasteiger partial charge in [-0.2, -0.15) is 0 Å². The molecule has 0 radical (unpaired) electrons. The summed E-state index contributed by atoms with van der Waals surface area (Å²) in [6.07, 6.45) is 0. The van der Waals surface area contributed by atoms with Crippen LogP contribution in [-0.4, -0.2) is 4.57 Å². The number of fused-ring (bicyclic) bond motifs is 1. The van der Waals surface area contributed by atoms with Crippen molar-refractivity contribution in [3.8, 4) is 5.69 Å². The van der Waals surface area contributed by atoms with Crippen LogP contribution in [0.1, 0.15) is 26.3 Å². The Morgan fingerprint density at radius 3 is 2.20 bits per heavy atom. The molecule has 0 aliphatic heterocycles. The molecular formula is C18H18BrN. The summed E-state index contributed by atoms with van der Waals surface area (Å²) < 4.78 is 3.32. The van der Waals surface area contributed by atoms with Crippen LogP contribution in [0.15, 0.2) is 59.2 Å². The summed E-state index contributed by atoms with van der Waals surface area (Å²) in [6.45, 7) is 6.72. The second kappa shape index (κ2) is 4.78. The van der Waals surface area contributed by atoms with Gasteiger partial charge >= 0.3 is 0 Å². The van der Waals surface area contributed by atoms with E-state index in [1.807, 2.05) is 0 Å². The smallest absolute Gasteiger partial charge is 0.0903 e. The lowest BCUT2D eigenvalue weighted by Gasteiger charge is -2.19. The highest BCUT2D eigenvalue weighted by Crippen LogP contribution is 2.29. The number of hydrogen-bond acceptors (Lipinski definition) is 0. The third-order valence-electron chi connectivity index (χ3n) is 3.66. The van der Waals surface area contributed by atoms with Gasteiger partial charge in [0.2, 0.25) is 0 Å². The summed E-state index contributed by atoms with van der Waals surface area (Å²) >= 11 is 3.67. The van der Waals surface area contributed by atoms with Crippen molar-refractivity contribution in [1.82, 2.24) is 4.57 Å². The molecule has 0 spiro atoms. The van der Waals surface area contributed by atoms with Crippen LogP contribution in [0.2, 0.25) is 0 Å². The van der Waals surface area contributed by atoms with Gasteiger partial charge in [0.15, 0.2) is 0 Å². The molecule has 20 heavy (non-hydrogen) atoms. The molecule has 0 saturated heterocycles. The normalized spacial score (nSPS) is 12.0. The summed E-state index contributed by atoms with van der Waals surface area (Å²) in [6, 6.07) is 19.4. The Kier molecular flexibility index (Phi) is 3.21. The summed E-state index contributed by atoms with van der Waals surface area (Å²) in [7, 11) is 0. The van der Waals surface area contributed by atoms with Gasteiger partial charge < -0.3 is 4.57 Å². The van der Waals surface area contributed by atoms with E-state index in [1.54, 1.807) is 0 Å². The highest BCUT2D eigenvalue weighted by atomic mass is 79.9. The second-order valence-electron chi connectivity index (χ2n) is 6.16. The number of benzene rings is 2. The minimum Gasteiger partial charge on any atom is -0.304 e. The first-order valence-electron chi connectivity index (χ1n) is 6.84. The maximum absolute atomic E-state index is 3.67. The molecule has 0 N–H and O–H groups in total. The first kappa shape index (κ1) is 13.4. The predicted octanol–water partition coefficient (Wildman–Crippen LogP) is 5.69. The van der Waals surface area contributed by atoms with Gasteiger partial charge in [-0.1, -0.05) is 51.1 Å². The molecule has 1 nitrogen and oxygen atoms in total. The summed E-state index contributed by atoms with van der Waals surface area (Å²) in [5.41, 5.74) is 3.96. The van der Waals surface area contributed by atoms with Crippen LogP contribution in [-0.2, 0) is 5.41 Å². The van der Waals surface area contributed by atoms with Crippen LogP contribution in [0.25, 0.3) is 16.6 Å². The first-order valence-corrected chi connectivity index (χ1v) is 7.63. The molecule has 0 unspecified atom stereocenters. The number of nitrogens with zero attached hydrogens (tertiary/aromatic N) is 1. The number of rotatable bonds is 1. The molecule has 0 atom stereocenters. The Morgan fingerprint density at radius 1 is 0.900 bits per heavy atom. The highest BCUT2D eigenvalue weighted by molar-refractivity contribution is 9.10. The van der Waals surface area contributed by atoms with Crippen LogP contribution in [0.3, 0.4) is 0 Å². The standard InChI is InChI=1S/C18H18BrN/c1-18(2,3)14-8-10-15(11-9-14)20-16-7-5-4-6-13(16)12-17(20)19/h4-12H,1-3H3. The zero-order valence-electron chi connectivity index (χ0n) is 12.0. The fourth-order valence-electron chi connectivity index (χ4n) is 2.49. The van der Waals surface area contributed by atoms with E-state index >= 15 is 0 Å². The Balaban J connectivity index is 2.14. The fourth-order valence-corrected chi connectivity index (χ4v) is 3.14. The zero-order valence-corrected chi connectivity index (χ0v) is 13.6. The van der Waals surface area contributed by atoms with Gasteiger partial charge in [-0.3, -0.25) is 0 Å². The molecule has 2 aromatic carbocycles. The SMILES string of the molecule is CC(C)(C)c1ccc(-n2c(Br)cc3ccccc32)cc1. The Hall–Kier alpha value is -1.54. The zero-order chi connectivity index (χ0) is 14.3. The average molecular weight is 328 g/mol. The number of halogens is 1. The number of aromatic nitrogens is 1. The van der Waals surface area contributed by atoms with Gasteiger partial charge in [0.1, 0.15) is 0 Å². The Labute approximate surface area is 128 Å². The number of para-hydroxylation sites is 1. The quantitative estimate of drug-likeness (QED) is 0.541. The van der Waals surface area contributed by atoms with Crippen LogP contribution < -0.4 is 0 Å². The fraction of sp³-hybridized carbons (Fsp3) is 0.222. The highest BCUT2D eigenvalue weighted by Gasteiger charge is 2.14. The second-order valence-corrected chi connectivity index (χ2v) is 6.97. The number of hydrogen-bond donors (Lipinski definition) is 0. The van der Waals surface area contributed by atoms with Crippen molar-refractivity contribution in [1.29, 1.82) is 0 Å². The minimum atomic E-state index is 0.189. The lowest BCUT2D eigenvalue weighted by Crippen LogP contribution is -2.10. The lowest BCUT2D eigenvalue weighted by atomic mass is 9.87. The van der Waals surface area contributed by atoms with Crippen molar-refractivity contribution < 1.29 is 0 Å². The summed E-state index contributed by atoms with van der Waals surface area (Å²) in [4.78, 5) is 0. The minimum absolute atomic E-state index is 0.189. The molecule has 0 bridgehead atoms. The van der Waals surface area contributed by atoms with Crippen LogP contribution >= 0.6 is 15.9 Å². The Bertz CT molecular complexity index is 745. The molecule has 2 heteroatoms. The van der Waals surface area contributed by atoms with Gasteiger partial charge in [0.25, 0.3) is 0 Å². The van der Waals surface area contributed by atoms with Crippen molar-refractivity contribution in [2.24, 2.45) is 0 Å². The molecule has 0 fully saturated rings. The molecule has 102 valence electrons. The van der Waals surface area contributed by atoms with Crippen LogP contribution in [0.4, 0.5) is 0 Å². The third-order valence-corrected chi connectivity index (χ3v) is 4.24. The van der Waals surface area contributed by atoms with Crippen molar-refractivity contribution in [3.63, 3.8) is 0 Å². The maximum Gasteiger partial charge on any atom is 0.0903 e. The van der Waals surface area contributed by atoms with E-state index in [9.17, 15) is 0 Å². The van der Waals surface area contributed by atoms with E-state index in [0.717, 1.165) is 4.60 Å². The molecule has 1 heterocycles. The predicted molar refractivity (Wildman–Crippen MR) is 89.7 cm³/mol. The maximum atomic E-state index is 3.67. The van der Waals surface area contributed by atoms with Crippen molar-refractivity contribution in [3.05, 3.63) is 64.8 Å². The topological polar surface area (TPSA) is 4.93 Å². The van der Waals surface area contributed by atoms with Crippen LogP contribution in [0.5, 0.6) is 0 Å². The van der Waals surface area contributed by atoms with Gasteiger partial charge in [-0.25, -0.2) is 0 Å². The molecule has 0 saturated carbocycles. The monoisotopic (exact) mass is 327 g/mol. The molecule has 1 aromatic heterocycles. The molecule has 0 aliphatic rings. The molecule has 3 rings (SSSR count). The largest absolute Gasteiger partial charge is 0.304 e. The van der Waals surface area contributed by atoms with Crippen molar-refractivity contribution in [2.75, 3.05) is 0 Å². The van der Waals surface area contributed by atoms with Gasteiger partial charge in [0.05, 0.1) is 10.1 Å². The van der Waals surface area contributed by atoms with E-state index in [1.165, 1.54) is 22.2 Å². The van der Waals surface area contributed by atoms with Gasteiger partial charge in [0, 0.05) is 11.1 Å². The first-order chi connectivity index (χ1) is 9.47. The Morgan fingerprint density at radius 2 is 1.55 bits per heavy atom. The van der Waals surface area contributed by atoms with Gasteiger partial charge in [-0.05, 0) is 51.2 Å². The molecule has 0 aliphatic carbocycles. The van der Waals surface area contributed by atoms with E-state index < -0.39 is 0 Å². The van der Waals surface area contributed by atoms with Crippen molar-refractivity contribution in [2.45, 2.75) is 26.2 Å². The molecular weight excluding hydrogens is 310 g/mol. The lowest BCUT2D eigenvalue weighted by molar-refractivity contribution is 0.590. The average Bonchev–Trinajstić information content (AvgIpc) is 2.73. The molecule has 3 aromatic rings. The van der Waals surface area contributed by atoms with Crippen LogP contribution in [0, 0.1) is 0 Å².